The number of amides is 1. The van der Waals surface area contributed by atoms with Gasteiger partial charge in [-0.15, -0.1) is 0 Å². The fourth-order valence-electron chi connectivity index (χ4n) is 4.56. The van der Waals surface area contributed by atoms with Gasteiger partial charge in [-0.3, -0.25) is 9.59 Å². The van der Waals surface area contributed by atoms with E-state index in [4.69, 9.17) is 0 Å². The molecular weight excluding hydrogens is 476 g/mol. The van der Waals surface area contributed by atoms with Crippen LogP contribution in [0.2, 0.25) is 0 Å². The minimum atomic E-state index is -3.73. The van der Waals surface area contributed by atoms with E-state index in [0.29, 0.717) is 42.2 Å². The van der Waals surface area contributed by atoms with E-state index in [9.17, 15) is 18.0 Å². The molecule has 184 valence electrons. The number of nitrogens with one attached hydrogen (secondary N) is 2. The number of aryl methyl sites for hydroxylation is 1. The van der Waals surface area contributed by atoms with Gasteiger partial charge in [0.1, 0.15) is 5.82 Å². The van der Waals surface area contributed by atoms with Gasteiger partial charge in [0, 0.05) is 36.1 Å². The molecule has 1 aliphatic heterocycles. The zero-order chi connectivity index (χ0) is 25.3. The van der Waals surface area contributed by atoms with E-state index in [2.05, 4.69) is 15.3 Å². The lowest BCUT2D eigenvalue weighted by Gasteiger charge is -2.31. The van der Waals surface area contributed by atoms with Gasteiger partial charge in [-0.2, -0.15) is 4.31 Å². The molecule has 0 spiro atoms. The van der Waals surface area contributed by atoms with E-state index in [1.807, 2.05) is 24.3 Å². The Bertz CT molecular complexity index is 1610. The van der Waals surface area contributed by atoms with Crippen molar-refractivity contribution >= 4 is 32.4 Å². The Kier molecular flexibility index (Phi) is 6.42. The summed E-state index contributed by atoms with van der Waals surface area (Å²) in [6.07, 6.45) is 1.20. The second kappa shape index (κ2) is 9.67. The van der Waals surface area contributed by atoms with Crippen molar-refractivity contribution in [2.24, 2.45) is 5.92 Å². The second-order valence-electron chi connectivity index (χ2n) is 9.02. The third kappa shape index (κ3) is 4.93. The molecule has 36 heavy (non-hydrogen) atoms. The summed E-state index contributed by atoms with van der Waals surface area (Å²) in [5.74, 6) is -0.299. The Hall–Kier alpha value is -3.82. The van der Waals surface area contributed by atoms with Gasteiger partial charge in [-0.25, -0.2) is 13.4 Å². The van der Waals surface area contributed by atoms with Crippen LogP contribution < -0.4 is 10.9 Å². The fraction of sp³-hybridized carbons (Fsp3) is 0.222. The molecule has 1 amide bonds. The number of carbonyl (C=O) groups excluding carboxylic acids is 1. The molecule has 1 aromatic heterocycles. The Morgan fingerprint density at radius 3 is 2.64 bits per heavy atom. The van der Waals surface area contributed by atoms with Gasteiger partial charge >= 0.3 is 0 Å². The summed E-state index contributed by atoms with van der Waals surface area (Å²) in [6, 6.07) is 21.2. The van der Waals surface area contributed by atoms with Crippen molar-refractivity contribution in [1.82, 2.24) is 14.3 Å². The third-order valence-corrected chi connectivity index (χ3v) is 8.25. The van der Waals surface area contributed by atoms with E-state index in [1.54, 1.807) is 49.4 Å². The minimum Gasteiger partial charge on any atom is -0.326 e. The number of anilines is 1. The summed E-state index contributed by atoms with van der Waals surface area (Å²) in [4.78, 5) is 32.2. The maximum absolute atomic E-state index is 13.4. The molecule has 5 rings (SSSR count). The monoisotopic (exact) mass is 502 g/mol. The quantitative estimate of drug-likeness (QED) is 0.429. The SMILES string of the molecule is Cc1cc(=O)[nH]c(-c2cccc(NC(=O)[C@@H]3CCCN(S(=O)(=O)c4ccc5ccccc5c4)C3)c2)n1. The summed E-state index contributed by atoms with van der Waals surface area (Å²) in [7, 11) is -3.73. The van der Waals surface area contributed by atoms with E-state index in [1.165, 1.54) is 10.4 Å². The first kappa shape index (κ1) is 23.9. The van der Waals surface area contributed by atoms with Crippen LogP contribution in [0.3, 0.4) is 0 Å². The standard InChI is InChI=1S/C27H26N4O4S/c1-18-14-25(32)30-26(28-18)21-8-4-10-23(15-21)29-27(33)22-9-5-13-31(17-22)36(34,35)24-12-11-19-6-2-3-7-20(19)16-24/h2-4,6-8,10-12,14-16,22H,5,9,13,17H2,1H3,(H,29,33)(H,28,30,32)/t22-/m1/s1. The van der Waals surface area contributed by atoms with Crippen LogP contribution in [0.1, 0.15) is 18.5 Å². The summed E-state index contributed by atoms with van der Waals surface area (Å²) in [6.45, 7) is 2.24. The molecule has 0 bridgehead atoms. The average molecular weight is 503 g/mol. The number of carbonyl (C=O) groups is 1. The normalized spacial score (nSPS) is 16.6. The van der Waals surface area contributed by atoms with Gasteiger partial charge in [-0.1, -0.05) is 42.5 Å². The Labute approximate surface area is 209 Å². The van der Waals surface area contributed by atoms with Gasteiger partial charge in [0.15, 0.2) is 0 Å². The lowest BCUT2D eigenvalue weighted by Crippen LogP contribution is -2.43. The van der Waals surface area contributed by atoms with Gasteiger partial charge in [0.25, 0.3) is 5.56 Å². The molecule has 8 nitrogen and oxygen atoms in total. The van der Waals surface area contributed by atoms with Crippen molar-refractivity contribution in [2.75, 3.05) is 18.4 Å². The first-order valence-electron chi connectivity index (χ1n) is 11.8. The average Bonchev–Trinajstić information content (AvgIpc) is 2.88. The molecular formula is C27H26N4O4S. The number of aromatic amines is 1. The summed E-state index contributed by atoms with van der Waals surface area (Å²) < 4.78 is 28.1. The van der Waals surface area contributed by atoms with Crippen molar-refractivity contribution in [3.8, 4) is 11.4 Å². The molecule has 3 aromatic carbocycles. The summed E-state index contributed by atoms with van der Waals surface area (Å²) in [5, 5.41) is 4.73. The topological polar surface area (TPSA) is 112 Å². The molecule has 1 atom stereocenters. The van der Waals surface area contributed by atoms with Gasteiger partial charge in [-0.05, 0) is 54.8 Å². The van der Waals surface area contributed by atoms with Crippen molar-refractivity contribution < 1.29 is 13.2 Å². The van der Waals surface area contributed by atoms with Crippen LogP contribution in [0, 0.1) is 12.8 Å². The molecule has 0 aliphatic carbocycles. The van der Waals surface area contributed by atoms with Gasteiger partial charge < -0.3 is 10.3 Å². The Balaban J connectivity index is 1.32. The number of hydrogen-bond donors (Lipinski definition) is 2. The van der Waals surface area contributed by atoms with Crippen LogP contribution in [0.5, 0.6) is 0 Å². The summed E-state index contributed by atoms with van der Waals surface area (Å²) >= 11 is 0. The molecule has 0 saturated carbocycles. The molecule has 0 radical (unpaired) electrons. The number of fused-ring (bicyclic) bond motifs is 1. The van der Waals surface area contributed by atoms with Gasteiger partial charge in [0.05, 0.1) is 10.8 Å². The number of benzene rings is 3. The smallest absolute Gasteiger partial charge is 0.251 e. The molecule has 2 N–H and O–H groups in total. The Morgan fingerprint density at radius 1 is 1.03 bits per heavy atom. The van der Waals surface area contributed by atoms with E-state index >= 15 is 0 Å². The predicted octanol–water partition coefficient (Wildman–Crippen LogP) is 3.94. The van der Waals surface area contributed by atoms with Gasteiger partial charge in [0.2, 0.25) is 15.9 Å². The minimum absolute atomic E-state index is 0.118. The number of hydrogen-bond acceptors (Lipinski definition) is 5. The number of H-pyrrole nitrogens is 1. The highest BCUT2D eigenvalue weighted by Gasteiger charge is 2.33. The van der Waals surface area contributed by atoms with Crippen molar-refractivity contribution in [2.45, 2.75) is 24.7 Å². The highest BCUT2D eigenvalue weighted by atomic mass is 32.2. The van der Waals surface area contributed by atoms with Crippen LogP contribution in [0.4, 0.5) is 5.69 Å². The molecule has 0 unspecified atom stereocenters. The number of rotatable bonds is 5. The lowest BCUT2D eigenvalue weighted by molar-refractivity contribution is -0.120. The lowest BCUT2D eigenvalue weighted by atomic mass is 9.98. The van der Waals surface area contributed by atoms with Crippen LogP contribution in [0.15, 0.2) is 82.5 Å². The van der Waals surface area contributed by atoms with Crippen LogP contribution in [-0.4, -0.2) is 41.7 Å². The van der Waals surface area contributed by atoms with Crippen molar-refractivity contribution in [3.05, 3.63) is 88.8 Å². The molecule has 2 heterocycles. The zero-order valence-electron chi connectivity index (χ0n) is 19.8. The molecule has 9 heteroatoms. The number of piperidine rings is 1. The maximum Gasteiger partial charge on any atom is 0.251 e. The maximum atomic E-state index is 13.4. The zero-order valence-corrected chi connectivity index (χ0v) is 20.6. The largest absolute Gasteiger partial charge is 0.326 e. The number of nitrogens with zero attached hydrogens (tertiary/aromatic N) is 2. The molecule has 1 aliphatic rings. The highest BCUT2D eigenvalue weighted by molar-refractivity contribution is 7.89. The van der Waals surface area contributed by atoms with E-state index in [-0.39, 0.29) is 22.9 Å². The first-order valence-corrected chi connectivity index (χ1v) is 13.2. The van der Waals surface area contributed by atoms with Crippen LogP contribution in [-0.2, 0) is 14.8 Å². The Morgan fingerprint density at radius 2 is 1.83 bits per heavy atom. The predicted molar refractivity (Wildman–Crippen MR) is 139 cm³/mol. The van der Waals surface area contributed by atoms with E-state index < -0.39 is 15.9 Å². The van der Waals surface area contributed by atoms with Crippen LogP contribution >= 0.6 is 0 Å². The van der Waals surface area contributed by atoms with E-state index in [0.717, 1.165) is 10.8 Å². The molecule has 4 aromatic rings. The van der Waals surface area contributed by atoms with Crippen molar-refractivity contribution in [3.63, 3.8) is 0 Å². The first-order chi connectivity index (χ1) is 17.3. The third-order valence-electron chi connectivity index (χ3n) is 6.39. The number of sulfonamides is 1. The fourth-order valence-corrected chi connectivity index (χ4v) is 6.12. The number of aromatic nitrogens is 2. The highest BCUT2D eigenvalue weighted by Crippen LogP contribution is 2.27. The second-order valence-corrected chi connectivity index (χ2v) is 11.0. The summed E-state index contributed by atoms with van der Waals surface area (Å²) in [5.41, 5.74) is 1.56. The van der Waals surface area contributed by atoms with Crippen molar-refractivity contribution in [1.29, 1.82) is 0 Å². The van der Waals surface area contributed by atoms with Crippen LogP contribution in [0.25, 0.3) is 22.2 Å². The molecule has 1 saturated heterocycles. The molecule has 1 fully saturated rings.